The van der Waals surface area contributed by atoms with Gasteiger partial charge in [0.15, 0.2) is 0 Å². The van der Waals surface area contributed by atoms with E-state index in [9.17, 15) is 0 Å². The number of hydrogen-bond acceptors (Lipinski definition) is 0. The Labute approximate surface area is 122 Å². The molecule has 0 amide bonds. The average molecular weight is 262 g/mol. The van der Waals surface area contributed by atoms with Crippen molar-refractivity contribution in [1.29, 1.82) is 0 Å². The molecule has 0 N–H and O–H groups in total. The van der Waals surface area contributed by atoms with Crippen LogP contribution in [0, 0.1) is 0 Å². The van der Waals surface area contributed by atoms with Crippen molar-refractivity contribution in [2.45, 2.75) is 38.5 Å². The second-order valence-electron chi connectivity index (χ2n) is 5.69. The molecule has 0 fully saturated rings. The minimum Gasteiger partial charge on any atom is -0.0654 e. The summed E-state index contributed by atoms with van der Waals surface area (Å²) in [4.78, 5) is 0. The van der Waals surface area contributed by atoms with Gasteiger partial charge in [-0.3, -0.25) is 0 Å². The molecule has 0 nitrogen and oxygen atoms in total. The molecule has 0 radical (unpaired) electrons. The zero-order valence-electron chi connectivity index (χ0n) is 12.2. The van der Waals surface area contributed by atoms with Gasteiger partial charge in [-0.1, -0.05) is 79.6 Å². The second kappa shape index (κ2) is 6.09. The minimum absolute atomic E-state index is 0.583. The predicted molar refractivity (Wildman–Crippen MR) is 86.8 cm³/mol. The van der Waals surface area contributed by atoms with Crippen LogP contribution in [0.4, 0.5) is 0 Å². The largest absolute Gasteiger partial charge is 0.0654 e. The van der Waals surface area contributed by atoms with Crippen molar-refractivity contribution in [3.05, 3.63) is 76.9 Å². The third-order valence-electron chi connectivity index (χ3n) is 4.26. The summed E-state index contributed by atoms with van der Waals surface area (Å²) in [6, 6.07) is 19.8. The SMILES string of the molecule is CCCCC1=Cc2ccccc2C1Cc1ccccc1. The smallest absolute Gasteiger partial charge is 0.00978 e. The minimum atomic E-state index is 0.583. The maximum absolute atomic E-state index is 2.43. The van der Waals surface area contributed by atoms with E-state index in [1.165, 1.54) is 36.0 Å². The van der Waals surface area contributed by atoms with Gasteiger partial charge < -0.3 is 0 Å². The molecule has 0 aromatic heterocycles. The monoisotopic (exact) mass is 262 g/mol. The molecule has 0 heterocycles. The topological polar surface area (TPSA) is 0 Å². The van der Waals surface area contributed by atoms with Gasteiger partial charge in [0.25, 0.3) is 0 Å². The van der Waals surface area contributed by atoms with E-state index in [-0.39, 0.29) is 0 Å². The molecule has 0 bridgehead atoms. The summed E-state index contributed by atoms with van der Waals surface area (Å²) < 4.78 is 0. The highest BCUT2D eigenvalue weighted by Gasteiger charge is 2.24. The van der Waals surface area contributed by atoms with E-state index >= 15 is 0 Å². The Bertz CT molecular complexity index is 592. The summed E-state index contributed by atoms with van der Waals surface area (Å²) in [5, 5.41) is 0. The van der Waals surface area contributed by atoms with Gasteiger partial charge in [-0.2, -0.15) is 0 Å². The highest BCUT2D eigenvalue weighted by molar-refractivity contribution is 5.66. The molecule has 1 unspecified atom stereocenters. The first-order valence-corrected chi connectivity index (χ1v) is 7.72. The van der Waals surface area contributed by atoms with Crippen LogP contribution in [0.15, 0.2) is 60.2 Å². The molecule has 2 aromatic carbocycles. The Kier molecular flexibility index (Phi) is 4.01. The lowest BCUT2D eigenvalue weighted by Gasteiger charge is -2.17. The van der Waals surface area contributed by atoms with Gasteiger partial charge in [0, 0.05) is 5.92 Å². The second-order valence-corrected chi connectivity index (χ2v) is 5.69. The number of allylic oxidation sites excluding steroid dienone is 1. The number of unbranched alkanes of at least 4 members (excludes halogenated alkanes) is 1. The van der Waals surface area contributed by atoms with Crippen LogP contribution in [0.5, 0.6) is 0 Å². The summed E-state index contributed by atoms with van der Waals surface area (Å²) in [5.41, 5.74) is 6.01. The van der Waals surface area contributed by atoms with E-state index < -0.39 is 0 Å². The fourth-order valence-corrected chi connectivity index (χ4v) is 3.18. The quantitative estimate of drug-likeness (QED) is 0.658. The van der Waals surface area contributed by atoms with Gasteiger partial charge >= 0.3 is 0 Å². The highest BCUT2D eigenvalue weighted by Crippen LogP contribution is 2.40. The molecule has 0 saturated heterocycles. The van der Waals surface area contributed by atoms with Gasteiger partial charge in [-0.05, 0) is 36.0 Å². The summed E-state index contributed by atoms with van der Waals surface area (Å²) >= 11 is 0. The molecule has 102 valence electrons. The first-order chi connectivity index (χ1) is 9.88. The first-order valence-electron chi connectivity index (χ1n) is 7.72. The zero-order chi connectivity index (χ0) is 13.8. The molecule has 1 aliphatic rings. The molecule has 20 heavy (non-hydrogen) atoms. The van der Waals surface area contributed by atoms with Crippen LogP contribution in [0.1, 0.15) is 48.8 Å². The summed E-state index contributed by atoms with van der Waals surface area (Å²) in [6.45, 7) is 2.27. The van der Waals surface area contributed by atoms with Crippen molar-refractivity contribution in [2.24, 2.45) is 0 Å². The lowest BCUT2D eigenvalue weighted by molar-refractivity contribution is 0.706. The molecular weight excluding hydrogens is 240 g/mol. The van der Waals surface area contributed by atoms with Crippen molar-refractivity contribution in [3.8, 4) is 0 Å². The van der Waals surface area contributed by atoms with Crippen molar-refractivity contribution in [2.75, 3.05) is 0 Å². The third kappa shape index (κ3) is 2.70. The van der Waals surface area contributed by atoms with Gasteiger partial charge in [0.2, 0.25) is 0 Å². The maximum atomic E-state index is 2.43. The van der Waals surface area contributed by atoms with Crippen LogP contribution in [0.25, 0.3) is 6.08 Å². The van der Waals surface area contributed by atoms with Crippen LogP contribution < -0.4 is 0 Å². The van der Waals surface area contributed by atoms with Crippen LogP contribution in [0.2, 0.25) is 0 Å². The van der Waals surface area contributed by atoms with E-state index in [1.54, 1.807) is 5.57 Å². The van der Waals surface area contributed by atoms with Crippen LogP contribution >= 0.6 is 0 Å². The van der Waals surface area contributed by atoms with Crippen LogP contribution in [0.3, 0.4) is 0 Å². The lowest BCUT2D eigenvalue weighted by Crippen LogP contribution is -2.03. The molecule has 3 rings (SSSR count). The molecular formula is C20H22. The molecule has 0 saturated carbocycles. The Morgan fingerprint density at radius 1 is 0.900 bits per heavy atom. The average Bonchev–Trinajstić information content (AvgIpc) is 2.84. The van der Waals surface area contributed by atoms with Gasteiger partial charge in [-0.25, -0.2) is 0 Å². The molecule has 2 aromatic rings. The number of fused-ring (bicyclic) bond motifs is 1. The molecule has 1 aliphatic carbocycles. The van der Waals surface area contributed by atoms with Crippen LogP contribution in [-0.2, 0) is 6.42 Å². The van der Waals surface area contributed by atoms with Gasteiger partial charge in [0.05, 0.1) is 0 Å². The fraction of sp³-hybridized carbons (Fsp3) is 0.300. The first kappa shape index (κ1) is 13.2. The molecule has 0 spiro atoms. The molecule has 1 atom stereocenters. The standard InChI is InChI=1S/C20H22/c1-2-3-11-18-15-17-12-7-8-13-19(17)20(18)14-16-9-5-4-6-10-16/h4-10,12-13,15,20H,2-3,11,14H2,1H3. The van der Waals surface area contributed by atoms with Crippen molar-refractivity contribution < 1.29 is 0 Å². The van der Waals surface area contributed by atoms with Crippen molar-refractivity contribution in [1.82, 2.24) is 0 Å². The van der Waals surface area contributed by atoms with E-state index in [4.69, 9.17) is 0 Å². The normalized spacial score (nSPS) is 16.9. The highest BCUT2D eigenvalue weighted by atomic mass is 14.3. The molecule has 0 aliphatic heterocycles. The Morgan fingerprint density at radius 2 is 1.65 bits per heavy atom. The van der Waals surface area contributed by atoms with Gasteiger partial charge in [-0.15, -0.1) is 0 Å². The maximum Gasteiger partial charge on any atom is 0.00978 e. The summed E-state index contributed by atoms with van der Waals surface area (Å²) in [7, 11) is 0. The van der Waals surface area contributed by atoms with Gasteiger partial charge in [0.1, 0.15) is 0 Å². The lowest BCUT2D eigenvalue weighted by atomic mass is 9.87. The third-order valence-corrected chi connectivity index (χ3v) is 4.26. The summed E-state index contributed by atoms with van der Waals surface area (Å²) in [5.74, 6) is 0.583. The zero-order valence-corrected chi connectivity index (χ0v) is 12.2. The molecule has 0 heteroatoms. The fourth-order valence-electron chi connectivity index (χ4n) is 3.18. The van der Waals surface area contributed by atoms with Crippen LogP contribution in [-0.4, -0.2) is 0 Å². The Balaban J connectivity index is 1.87. The van der Waals surface area contributed by atoms with E-state index in [0.717, 1.165) is 6.42 Å². The number of benzene rings is 2. The summed E-state index contributed by atoms with van der Waals surface area (Å²) in [6.07, 6.45) is 7.37. The number of hydrogen-bond donors (Lipinski definition) is 0. The van der Waals surface area contributed by atoms with E-state index in [1.807, 2.05) is 0 Å². The predicted octanol–water partition coefficient (Wildman–Crippen LogP) is 5.60. The Morgan fingerprint density at radius 3 is 2.45 bits per heavy atom. The van der Waals surface area contributed by atoms with Crippen molar-refractivity contribution >= 4 is 6.08 Å². The van der Waals surface area contributed by atoms with E-state index in [0.29, 0.717) is 5.92 Å². The van der Waals surface area contributed by atoms with E-state index in [2.05, 4.69) is 67.6 Å². The van der Waals surface area contributed by atoms with Crippen molar-refractivity contribution in [3.63, 3.8) is 0 Å². The number of rotatable bonds is 5. The Hall–Kier alpha value is -1.82.